The highest BCUT2D eigenvalue weighted by Gasteiger charge is 2.09. The Morgan fingerprint density at radius 1 is 1.50 bits per heavy atom. The number of halogens is 1. The predicted molar refractivity (Wildman–Crippen MR) is 72.8 cm³/mol. The molecule has 2 N–H and O–H groups in total. The molecule has 0 saturated carbocycles. The maximum absolute atomic E-state index is 9.46. The summed E-state index contributed by atoms with van der Waals surface area (Å²) in [6.45, 7) is 3.40. The van der Waals surface area contributed by atoms with Gasteiger partial charge in [-0.1, -0.05) is 24.6 Å². The smallest absolute Gasteiger partial charge is 0.152 e. The third kappa shape index (κ3) is 3.02. The molecule has 2 aromatic rings. The summed E-state index contributed by atoms with van der Waals surface area (Å²) in [6, 6.07) is 5.82. The van der Waals surface area contributed by atoms with E-state index < -0.39 is 0 Å². The lowest BCUT2D eigenvalue weighted by Crippen LogP contribution is -2.20. The van der Waals surface area contributed by atoms with Crippen molar-refractivity contribution in [3.05, 3.63) is 35.2 Å². The van der Waals surface area contributed by atoms with E-state index in [0.717, 1.165) is 30.7 Å². The number of nitrogens with zero attached hydrogens (tertiary/aromatic N) is 2. The van der Waals surface area contributed by atoms with E-state index >= 15 is 0 Å². The topological polar surface area (TPSA) is 49.6 Å². The number of hydrogen-bond acceptors (Lipinski definition) is 3. The van der Waals surface area contributed by atoms with Crippen LogP contribution in [-0.4, -0.2) is 27.1 Å². The third-order valence-corrected chi connectivity index (χ3v) is 3.30. The summed E-state index contributed by atoms with van der Waals surface area (Å²) in [6.07, 6.45) is 3.27. The van der Waals surface area contributed by atoms with Crippen molar-refractivity contribution >= 4 is 17.2 Å². The largest absolute Gasteiger partial charge is 0.393 e. The Morgan fingerprint density at radius 2 is 2.33 bits per heavy atom. The predicted octanol–water partition coefficient (Wildman–Crippen LogP) is 2.24. The van der Waals surface area contributed by atoms with Crippen molar-refractivity contribution in [3.63, 3.8) is 0 Å². The quantitative estimate of drug-likeness (QED) is 0.789. The molecule has 2 aromatic heterocycles. The lowest BCUT2D eigenvalue weighted by atomic mass is 10.2. The van der Waals surface area contributed by atoms with E-state index in [2.05, 4.69) is 10.3 Å². The maximum atomic E-state index is 9.46. The number of rotatable bonds is 6. The van der Waals surface area contributed by atoms with Gasteiger partial charge in [0.15, 0.2) is 5.15 Å². The SMILES string of the molecule is CCC(O)CCNCc1c(Cl)nc2ccccn12. The van der Waals surface area contributed by atoms with Gasteiger partial charge in [0.25, 0.3) is 0 Å². The van der Waals surface area contributed by atoms with Gasteiger partial charge in [-0.2, -0.15) is 0 Å². The second-order valence-corrected chi connectivity index (χ2v) is 4.66. The Hall–Kier alpha value is -1.10. The Labute approximate surface area is 112 Å². The number of fused-ring (bicyclic) bond motifs is 1. The first-order chi connectivity index (χ1) is 8.72. The van der Waals surface area contributed by atoms with Gasteiger partial charge in [0.05, 0.1) is 11.8 Å². The van der Waals surface area contributed by atoms with Crippen LogP contribution in [0.15, 0.2) is 24.4 Å². The fraction of sp³-hybridized carbons (Fsp3) is 0.462. The van der Waals surface area contributed by atoms with Gasteiger partial charge in [-0.15, -0.1) is 0 Å². The molecule has 0 aliphatic heterocycles. The number of imidazole rings is 1. The van der Waals surface area contributed by atoms with E-state index in [0.29, 0.717) is 11.7 Å². The maximum Gasteiger partial charge on any atom is 0.152 e. The Morgan fingerprint density at radius 3 is 3.11 bits per heavy atom. The van der Waals surface area contributed by atoms with Crippen LogP contribution in [0.3, 0.4) is 0 Å². The summed E-state index contributed by atoms with van der Waals surface area (Å²) in [5, 5.41) is 13.3. The minimum atomic E-state index is -0.227. The summed E-state index contributed by atoms with van der Waals surface area (Å²) in [5.41, 5.74) is 1.81. The van der Waals surface area contributed by atoms with Gasteiger partial charge in [-0.05, 0) is 31.5 Å². The molecule has 0 aliphatic carbocycles. The van der Waals surface area contributed by atoms with Gasteiger partial charge < -0.3 is 14.8 Å². The van der Waals surface area contributed by atoms with Crippen LogP contribution < -0.4 is 5.32 Å². The van der Waals surface area contributed by atoms with E-state index in [4.69, 9.17) is 11.6 Å². The molecule has 0 saturated heterocycles. The van der Waals surface area contributed by atoms with Crippen LogP contribution >= 0.6 is 11.6 Å². The van der Waals surface area contributed by atoms with E-state index in [-0.39, 0.29) is 6.10 Å². The molecule has 1 unspecified atom stereocenters. The summed E-state index contributed by atoms with van der Waals surface area (Å²) in [4.78, 5) is 4.28. The van der Waals surface area contributed by atoms with Gasteiger partial charge in [-0.3, -0.25) is 0 Å². The summed E-state index contributed by atoms with van der Waals surface area (Å²) >= 11 is 6.12. The van der Waals surface area contributed by atoms with Gasteiger partial charge in [0.2, 0.25) is 0 Å². The normalized spacial score (nSPS) is 13.1. The van der Waals surface area contributed by atoms with Crippen molar-refractivity contribution in [2.24, 2.45) is 0 Å². The van der Waals surface area contributed by atoms with Crippen molar-refractivity contribution < 1.29 is 5.11 Å². The highest BCUT2D eigenvalue weighted by molar-refractivity contribution is 6.30. The van der Waals surface area contributed by atoms with Crippen LogP contribution in [0.1, 0.15) is 25.5 Å². The van der Waals surface area contributed by atoms with Gasteiger partial charge >= 0.3 is 0 Å². The average molecular weight is 268 g/mol. The van der Waals surface area contributed by atoms with Crippen molar-refractivity contribution in [3.8, 4) is 0 Å². The molecule has 98 valence electrons. The second-order valence-electron chi connectivity index (χ2n) is 4.31. The van der Waals surface area contributed by atoms with Crippen LogP contribution in [-0.2, 0) is 6.54 Å². The number of aliphatic hydroxyl groups is 1. The number of pyridine rings is 1. The standard InChI is InChI=1S/C13H18ClN3O/c1-2-10(18)6-7-15-9-11-13(14)16-12-5-3-4-8-17(11)12/h3-5,8,10,15,18H,2,6-7,9H2,1H3. The molecule has 0 radical (unpaired) electrons. The van der Waals surface area contributed by atoms with E-state index in [9.17, 15) is 5.11 Å². The van der Waals surface area contributed by atoms with Gasteiger partial charge in [0.1, 0.15) is 5.65 Å². The van der Waals surface area contributed by atoms with Crippen LogP contribution in [0.25, 0.3) is 5.65 Å². The molecule has 0 amide bonds. The van der Waals surface area contributed by atoms with Crippen molar-refractivity contribution in [1.82, 2.24) is 14.7 Å². The monoisotopic (exact) mass is 267 g/mol. The molecule has 2 heterocycles. The second kappa shape index (κ2) is 6.18. The van der Waals surface area contributed by atoms with E-state index in [1.165, 1.54) is 0 Å². The van der Waals surface area contributed by atoms with Crippen LogP contribution in [0.5, 0.6) is 0 Å². The molecule has 0 spiro atoms. The minimum Gasteiger partial charge on any atom is -0.393 e. The first-order valence-electron chi connectivity index (χ1n) is 6.22. The summed E-state index contributed by atoms with van der Waals surface area (Å²) < 4.78 is 1.98. The highest BCUT2D eigenvalue weighted by atomic mass is 35.5. The van der Waals surface area contributed by atoms with E-state index in [1.54, 1.807) is 0 Å². The molecule has 18 heavy (non-hydrogen) atoms. The van der Waals surface area contributed by atoms with Gasteiger partial charge in [0, 0.05) is 12.7 Å². The molecule has 4 nitrogen and oxygen atoms in total. The van der Waals surface area contributed by atoms with Crippen LogP contribution in [0.4, 0.5) is 0 Å². The molecular weight excluding hydrogens is 250 g/mol. The zero-order valence-electron chi connectivity index (χ0n) is 10.4. The summed E-state index contributed by atoms with van der Waals surface area (Å²) in [7, 11) is 0. The molecule has 1 atom stereocenters. The molecule has 0 fully saturated rings. The fourth-order valence-electron chi connectivity index (χ4n) is 1.86. The number of aliphatic hydroxyl groups excluding tert-OH is 1. The van der Waals surface area contributed by atoms with Crippen LogP contribution in [0, 0.1) is 0 Å². The van der Waals surface area contributed by atoms with Crippen molar-refractivity contribution in [2.75, 3.05) is 6.54 Å². The molecule has 0 bridgehead atoms. The first kappa shape index (κ1) is 13.3. The lowest BCUT2D eigenvalue weighted by molar-refractivity contribution is 0.159. The summed E-state index contributed by atoms with van der Waals surface area (Å²) in [5.74, 6) is 0. The third-order valence-electron chi connectivity index (χ3n) is 3.00. The Kier molecular flexibility index (Phi) is 4.58. The van der Waals surface area contributed by atoms with Crippen molar-refractivity contribution in [2.45, 2.75) is 32.4 Å². The number of aromatic nitrogens is 2. The fourth-order valence-corrected chi connectivity index (χ4v) is 2.10. The zero-order valence-corrected chi connectivity index (χ0v) is 11.2. The molecule has 0 aliphatic rings. The average Bonchev–Trinajstić information content (AvgIpc) is 2.70. The van der Waals surface area contributed by atoms with Gasteiger partial charge in [-0.25, -0.2) is 4.98 Å². The minimum absolute atomic E-state index is 0.227. The molecular formula is C13H18ClN3O. The Bertz CT molecular complexity index is 512. The zero-order chi connectivity index (χ0) is 13.0. The van der Waals surface area contributed by atoms with Crippen molar-refractivity contribution in [1.29, 1.82) is 0 Å². The molecule has 5 heteroatoms. The Balaban J connectivity index is 1.97. The molecule has 2 rings (SSSR count). The highest BCUT2D eigenvalue weighted by Crippen LogP contribution is 2.17. The molecule has 0 aromatic carbocycles. The number of nitrogens with one attached hydrogen (secondary N) is 1. The van der Waals surface area contributed by atoms with E-state index in [1.807, 2.05) is 35.7 Å². The lowest BCUT2D eigenvalue weighted by Gasteiger charge is -2.08. The van der Waals surface area contributed by atoms with Crippen LogP contribution in [0.2, 0.25) is 5.15 Å². The first-order valence-corrected chi connectivity index (χ1v) is 6.60. The number of hydrogen-bond donors (Lipinski definition) is 2.